The number of nitrogens with zero attached hydrogens (tertiary/aromatic N) is 6. The minimum atomic E-state index is -2.63. The summed E-state index contributed by atoms with van der Waals surface area (Å²) in [6.45, 7) is -0.233. The third-order valence-electron chi connectivity index (χ3n) is 8.93. The van der Waals surface area contributed by atoms with Crippen LogP contribution in [-0.4, -0.2) is 34.9 Å². The van der Waals surface area contributed by atoms with E-state index in [-0.39, 0.29) is 10.8 Å². The number of imidazole rings is 1. The lowest BCUT2D eigenvalue weighted by atomic mass is 9.77. The van der Waals surface area contributed by atoms with Crippen LogP contribution in [0.4, 0.5) is 0 Å². The zero-order valence-corrected chi connectivity index (χ0v) is 27.9. The largest absolute Gasteiger partial charge is 0.390 e. The van der Waals surface area contributed by atoms with Crippen LogP contribution in [0.2, 0.25) is 5.15 Å². The summed E-state index contributed by atoms with van der Waals surface area (Å²) in [5, 5.41) is 24.8. The van der Waals surface area contributed by atoms with Gasteiger partial charge in [-0.15, -0.1) is 15.0 Å². The fourth-order valence-electron chi connectivity index (χ4n) is 6.52. The second-order valence-electron chi connectivity index (χ2n) is 11.9. The summed E-state index contributed by atoms with van der Waals surface area (Å²) in [7, 11) is 0. The third-order valence-corrected chi connectivity index (χ3v) is 9.19. The lowest BCUT2D eigenvalue weighted by Crippen LogP contribution is -2.39. The highest BCUT2D eigenvalue weighted by Gasteiger charge is 2.41. The van der Waals surface area contributed by atoms with Gasteiger partial charge in [0.1, 0.15) is 5.82 Å². The Morgan fingerprint density at radius 3 is 1.84 bits per heavy atom. The third kappa shape index (κ3) is 6.19. The molecule has 0 atom stereocenters. The molecule has 244 valence electrons. The van der Waals surface area contributed by atoms with Crippen molar-refractivity contribution in [3.05, 3.63) is 178 Å². The number of hydrogen-bond donors (Lipinski definition) is 1. The molecule has 0 aliphatic rings. The summed E-state index contributed by atoms with van der Waals surface area (Å²) in [5.74, 6) is 1.14. The first-order chi connectivity index (χ1) is 24.8. The predicted octanol–water partition coefficient (Wildman–Crippen LogP) is 8.58. The molecule has 0 unspecified atom stereocenters. The first-order valence-electron chi connectivity index (χ1n) is 17.4. The van der Waals surface area contributed by atoms with Gasteiger partial charge in [-0.1, -0.05) is 164 Å². The number of hydrogen-bond acceptors (Lipinski definition) is 5. The van der Waals surface area contributed by atoms with Crippen molar-refractivity contribution in [2.75, 3.05) is 0 Å². The average molecular weight is 667 g/mol. The molecule has 5 aromatic carbocycles. The van der Waals surface area contributed by atoms with Crippen molar-refractivity contribution in [1.29, 1.82) is 0 Å². The zero-order valence-electron chi connectivity index (χ0n) is 29.1. The fourth-order valence-corrected chi connectivity index (χ4v) is 6.76. The van der Waals surface area contributed by atoms with Gasteiger partial charge < -0.3 is 9.67 Å². The van der Waals surface area contributed by atoms with Crippen molar-refractivity contribution < 1.29 is 7.85 Å². The van der Waals surface area contributed by atoms with Gasteiger partial charge in [-0.25, -0.2) is 4.98 Å². The molecule has 0 spiro atoms. The van der Waals surface area contributed by atoms with Crippen molar-refractivity contribution in [1.82, 2.24) is 29.8 Å². The van der Waals surface area contributed by atoms with Gasteiger partial charge in [0.15, 0.2) is 10.7 Å². The number of aryl methyl sites for hydroxylation is 1. The van der Waals surface area contributed by atoms with Gasteiger partial charge in [0, 0.05) is 18.5 Å². The van der Waals surface area contributed by atoms with Gasteiger partial charge in [-0.05, 0) is 45.0 Å². The maximum absolute atomic E-state index is 10.3. The normalized spacial score (nSPS) is 12.5. The van der Waals surface area contributed by atoms with Crippen LogP contribution in [0, 0.1) is 0 Å². The first-order valence-corrected chi connectivity index (χ1v) is 16.8. The van der Waals surface area contributed by atoms with Gasteiger partial charge in [-0.2, -0.15) is 0 Å². The van der Waals surface area contributed by atoms with Crippen LogP contribution in [-0.2, 0) is 25.1 Å². The number of halogens is 1. The zero-order chi connectivity index (χ0) is 35.4. The van der Waals surface area contributed by atoms with Crippen LogP contribution < -0.4 is 0 Å². The van der Waals surface area contributed by atoms with Gasteiger partial charge in [-0.3, -0.25) is 0 Å². The molecular weight excluding hydrogens is 628 g/mol. The van der Waals surface area contributed by atoms with Crippen LogP contribution in [0.15, 0.2) is 140 Å². The molecule has 0 saturated heterocycles. The summed E-state index contributed by atoms with van der Waals surface area (Å²) in [6.07, 6.45) is 2.46. The van der Waals surface area contributed by atoms with Crippen LogP contribution in [0.5, 0.6) is 0 Å². The molecule has 0 fully saturated rings. The molecule has 7 aromatic rings. The molecule has 7 rings (SSSR count). The number of aliphatic hydroxyl groups is 1. The Bertz CT molecular complexity index is 2120. The van der Waals surface area contributed by atoms with E-state index in [1.165, 1.54) is 0 Å². The van der Waals surface area contributed by atoms with Crippen molar-refractivity contribution in [2.24, 2.45) is 0 Å². The standard InChI is InChI=1S/C41H37ClN6O/c1-2-3-23-38-43-39(42)37(29-49)47(38)28-30-24-26-31(27-25-30)35-21-13-14-22-36(35)40-44-46-48(45-40)41(32-15-7-4-8-16-32,33-17-9-5-10-18-33)34-19-11-6-12-20-34/h4-22,24-27,49H,2-3,23,28-29H2,1H3/i29D2. The maximum atomic E-state index is 10.3. The van der Waals surface area contributed by atoms with Gasteiger partial charge in [0.2, 0.25) is 5.82 Å². The molecule has 0 bridgehead atoms. The maximum Gasteiger partial charge on any atom is 0.205 e. The summed E-state index contributed by atoms with van der Waals surface area (Å²) >= 11 is 6.34. The number of tetrazole rings is 1. The van der Waals surface area contributed by atoms with Gasteiger partial charge >= 0.3 is 0 Å². The van der Waals surface area contributed by atoms with E-state index in [4.69, 9.17) is 24.7 Å². The molecule has 2 aromatic heterocycles. The molecule has 0 aliphatic carbocycles. The highest BCUT2D eigenvalue weighted by molar-refractivity contribution is 6.30. The lowest BCUT2D eigenvalue weighted by Gasteiger charge is -2.34. The van der Waals surface area contributed by atoms with E-state index >= 15 is 0 Å². The molecule has 8 heteroatoms. The molecule has 1 N–H and O–H groups in total. The van der Waals surface area contributed by atoms with Crippen LogP contribution in [0.1, 0.15) is 56.3 Å². The van der Waals surface area contributed by atoms with Crippen LogP contribution in [0.3, 0.4) is 0 Å². The second-order valence-corrected chi connectivity index (χ2v) is 12.3. The van der Waals surface area contributed by atoms with E-state index in [2.05, 4.69) is 53.4 Å². The average Bonchev–Trinajstić information content (AvgIpc) is 3.77. The Morgan fingerprint density at radius 2 is 1.29 bits per heavy atom. The monoisotopic (exact) mass is 666 g/mol. The Morgan fingerprint density at radius 1 is 0.735 bits per heavy atom. The molecule has 2 heterocycles. The van der Waals surface area contributed by atoms with E-state index in [1.54, 1.807) is 9.36 Å². The first kappa shape index (κ1) is 29.7. The Kier molecular flexibility index (Phi) is 8.74. The quantitative estimate of drug-likeness (QED) is 0.132. The van der Waals surface area contributed by atoms with Crippen molar-refractivity contribution in [2.45, 2.75) is 44.8 Å². The highest BCUT2D eigenvalue weighted by Crippen LogP contribution is 2.40. The van der Waals surface area contributed by atoms with Crippen LogP contribution >= 0.6 is 11.6 Å². The summed E-state index contributed by atoms with van der Waals surface area (Å²) in [4.78, 5) is 6.13. The summed E-state index contributed by atoms with van der Waals surface area (Å²) < 4.78 is 17.7. The summed E-state index contributed by atoms with van der Waals surface area (Å²) in [5.41, 5.74) is 5.74. The van der Waals surface area contributed by atoms with E-state index in [1.807, 2.05) is 103 Å². The molecule has 49 heavy (non-hydrogen) atoms. The predicted molar refractivity (Wildman–Crippen MR) is 194 cm³/mol. The van der Waals surface area contributed by atoms with Gasteiger partial charge in [0.25, 0.3) is 0 Å². The molecule has 0 amide bonds. The van der Waals surface area contributed by atoms with Crippen molar-refractivity contribution in [3.63, 3.8) is 0 Å². The molecule has 0 aliphatic heterocycles. The van der Waals surface area contributed by atoms with E-state index < -0.39 is 12.1 Å². The van der Waals surface area contributed by atoms with Gasteiger partial charge in [0.05, 0.1) is 15.0 Å². The Hall–Kier alpha value is -5.37. The fraction of sp³-hybridized carbons (Fsp3) is 0.171. The molecule has 7 nitrogen and oxygen atoms in total. The summed E-state index contributed by atoms with van der Waals surface area (Å²) in [6, 6.07) is 46.8. The van der Waals surface area contributed by atoms with Crippen molar-refractivity contribution in [3.8, 4) is 22.5 Å². The number of rotatable bonds is 12. The van der Waals surface area contributed by atoms with E-state index in [9.17, 15) is 5.11 Å². The molecular formula is C41H37ClN6O. The minimum absolute atomic E-state index is 0.0180. The molecule has 0 radical (unpaired) electrons. The Labute approximate surface area is 294 Å². The number of aromatic nitrogens is 6. The van der Waals surface area contributed by atoms with Crippen LogP contribution in [0.25, 0.3) is 22.5 Å². The number of benzene rings is 5. The smallest absolute Gasteiger partial charge is 0.205 e. The molecule has 0 saturated carbocycles. The second kappa shape index (κ2) is 14.4. The highest BCUT2D eigenvalue weighted by atomic mass is 35.5. The topological polar surface area (TPSA) is 81.7 Å². The van der Waals surface area contributed by atoms with E-state index in [0.29, 0.717) is 24.6 Å². The minimum Gasteiger partial charge on any atom is -0.390 e. The van der Waals surface area contributed by atoms with E-state index in [0.717, 1.165) is 51.8 Å². The SMILES string of the molecule is [2H]C([2H])(O)c1c(Cl)nc(CCCC)n1Cc1ccc(-c2ccccc2-c2nnn(C(c3ccccc3)(c3ccccc3)c3ccccc3)n2)cc1. The van der Waals surface area contributed by atoms with Crippen molar-refractivity contribution >= 4 is 11.6 Å². The Balaban J connectivity index is 1.28. The number of unbranched alkanes of at least 4 members (excludes halogenated alkanes) is 1. The lowest BCUT2D eigenvalue weighted by molar-refractivity contribution is 0.271.